The van der Waals surface area contributed by atoms with Crippen molar-refractivity contribution in [1.82, 2.24) is 19.8 Å². The van der Waals surface area contributed by atoms with Crippen molar-refractivity contribution in [2.24, 2.45) is 0 Å². The highest BCUT2D eigenvalue weighted by Crippen LogP contribution is 2.27. The molecule has 2 aromatic heterocycles. The molecule has 0 fully saturated rings. The molecule has 1 amide bonds. The first-order valence-corrected chi connectivity index (χ1v) is 6.87. The second-order valence-electron chi connectivity index (χ2n) is 4.26. The van der Waals surface area contributed by atoms with E-state index in [1.165, 1.54) is 11.6 Å². The number of methoxy groups -OCH3 is 1. The molecule has 0 saturated heterocycles. The van der Waals surface area contributed by atoms with Gasteiger partial charge < -0.3 is 4.74 Å². The predicted octanol–water partition coefficient (Wildman–Crippen LogP) is 3.28. The minimum Gasteiger partial charge on any atom is -0.453 e. The van der Waals surface area contributed by atoms with Crippen LogP contribution in [0.4, 0.5) is 10.7 Å². The number of ether oxygens (including phenoxy) is 1. The Morgan fingerprint density at radius 1 is 1.18 bits per heavy atom. The van der Waals surface area contributed by atoms with Crippen LogP contribution in [0.5, 0.6) is 0 Å². The van der Waals surface area contributed by atoms with Crippen LogP contribution in [0.15, 0.2) is 30.3 Å². The van der Waals surface area contributed by atoms with Crippen LogP contribution in [-0.2, 0) is 4.74 Å². The Balaban J connectivity index is 2.06. The number of anilines is 1. The molecule has 112 valence electrons. The van der Waals surface area contributed by atoms with Gasteiger partial charge in [-0.05, 0) is 24.3 Å². The number of fused-ring (bicyclic) bond motifs is 1. The quantitative estimate of drug-likeness (QED) is 0.775. The first-order chi connectivity index (χ1) is 10.6. The molecule has 9 heteroatoms. The second kappa shape index (κ2) is 5.78. The molecular formula is C13H9Cl2N5O2. The Kier molecular flexibility index (Phi) is 3.82. The fraction of sp³-hybridized carbons (Fsp3) is 0.0769. The number of carbonyl (C=O) groups is 1. The standard InChI is InChI=1S/C13H9Cl2N5O2/c1-22-13(21)16-12-18-17-11-5-4-10(19-20(11)12)7-2-3-8(14)9(15)6-7/h2-6H,1H3,(H,16,18,21). The first-order valence-electron chi connectivity index (χ1n) is 6.11. The number of carbonyl (C=O) groups excluding carboxylic acids is 1. The lowest BCUT2D eigenvalue weighted by Crippen LogP contribution is -2.14. The smallest absolute Gasteiger partial charge is 0.413 e. The zero-order valence-electron chi connectivity index (χ0n) is 11.2. The highest BCUT2D eigenvalue weighted by Gasteiger charge is 2.12. The van der Waals surface area contributed by atoms with E-state index in [0.29, 0.717) is 21.4 Å². The summed E-state index contributed by atoms with van der Waals surface area (Å²) in [6.07, 6.45) is -0.656. The highest BCUT2D eigenvalue weighted by atomic mass is 35.5. The van der Waals surface area contributed by atoms with Crippen LogP contribution >= 0.6 is 23.2 Å². The van der Waals surface area contributed by atoms with Gasteiger partial charge in [-0.15, -0.1) is 10.2 Å². The number of rotatable bonds is 2. The number of aromatic nitrogens is 4. The summed E-state index contributed by atoms with van der Waals surface area (Å²) < 4.78 is 5.92. The van der Waals surface area contributed by atoms with Gasteiger partial charge in [-0.3, -0.25) is 5.32 Å². The number of halogens is 2. The lowest BCUT2D eigenvalue weighted by atomic mass is 10.1. The molecule has 0 saturated carbocycles. The van der Waals surface area contributed by atoms with Gasteiger partial charge in [-0.25, -0.2) is 4.79 Å². The van der Waals surface area contributed by atoms with Crippen molar-refractivity contribution in [3.63, 3.8) is 0 Å². The summed E-state index contributed by atoms with van der Waals surface area (Å²) in [5.41, 5.74) is 1.88. The zero-order valence-corrected chi connectivity index (χ0v) is 12.8. The van der Waals surface area contributed by atoms with Gasteiger partial charge in [-0.2, -0.15) is 9.61 Å². The molecule has 1 N–H and O–H groups in total. The van der Waals surface area contributed by atoms with Crippen LogP contribution in [0.3, 0.4) is 0 Å². The van der Waals surface area contributed by atoms with Gasteiger partial charge in [0.05, 0.1) is 22.8 Å². The third-order valence-corrected chi connectivity index (χ3v) is 3.62. The lowest BCUT2D eigenvalue weighted by molar-refractivity contribution is 0.186. The molecule has 7 nitrogen and oxygen atoms in total. The molecule has 3 rings (SSSR count). The number of nitrogens with one attached hydrogen (secondary N) is 1. The molecule has 3 aromatic rings. The minimum atomic E-state index is -0.656. The van der Waals surface area contributed by atoms with Crippen molar-refractivity contribution >= 4 is 40.9 Å². The molecule has 0 aliphatic heterocycles. The van der Waals surface area contributed by atoms with E-state index in [1.807, 2.05) is 0 Å². The van der Waals surface area contributed by atoms with Gasteiger partial charge >= 0.3 is 6.09 Å². The van der Waals surface area contributed by atoms with E-state index in [2.05, 4.69) is 25.3 Å². The van der Waals surface area contributed by atoms with Crippen LogP contribution in [0.25, 0.3) is 16.9 Å². The van der Waals surface area contributed by atoms with Crippen LogP contribution in [0.2, 0.25) is 10.0 Å². The molecule has 0 spiro atoms. The fourth-order valence-electron chi connectivity index (χ4n) is 1.82. The number of hydrogen-bond acceptors (Lipinski definition) is 5. The molecule has 22 heavy (non-hydrogen) atoms. The molecule has 0 aliphatic carbocycles. The monoisotopic (exact) mass is 337 g/mol. The summed E-state index contributed by atoms with van der Waals surface area (Å²) in [7, 11) is 1.26. The maximum Gasteiger partial charge on any atom is 0.413 e. The number of nitrogens with zero attached hydrogens (tertiary/aromatic N) is 4. The highest BCUT2D eigenvalue weighted by molar-refractivity contribution is 6.42. The van der Waals surface area contributed by atoms with E-state index in [4.69, 9.17) is 23.2 Å². The topological polar surface area (TPSA) is 81.4 Å². The summed E-state index contributed by atoms with van der Waals surface area (Å²) >= 11 is 11.9. The largest absolute Gasteiger partial charge is 0.453 e. The predicted molar refractivity (Wildman–Crippen MR) is 82.3 cm³/mol. The van der Waals surface area contributed by atoms with Crippen LogP contribution in [0, 0.1) is 0 Å². The molecule has 0 aliphatic rings. The van der Waals surface area contributed by atoms with Gasteiger partial charge in [-0.1, -0.05) is 29.3 Å². The average Bonchev–Trinajstić information content (AvgIpc) is 2.92. The normalized spacial score (nSPS) is 10.7. The second-order valence-corrected chi connectivity index (χ2v) is 5.07. The van der Waals surface area contributed by atoms with Crippen molar-refractivity contribution < 1.29 is 9.53 Å². The summed E-state index contributed by atoms with van der Waals surface area (Å²) in [5.74, 6) is 0.156. The molecule has 0 unspecified atom stereocenters. The molecule has 0 bridgehead atoms. The molecule has 0 atom stereocenters. The van der Waals surface area contributed by atoms with Gasteiger partial charge in [0.2, 0.25) is 0 Å². The van der Waals surface area contributed by atoms with Gasteiger partial charge in [0.25, 0.3) is 5.95 Å². The number of hydrogen-bond donors (Lipinski definition) is 1. The molecule has 1 aromatic carbocycles. The number of benzene rings is 1. The zero-order chi connectivity index (χ0) is 15.7. The van der Waals surface area contributed by atoms with Gasteiger partial charge in [0.15, 0.2) is 5.65 Å². The SMILES string of the molecule is COC(=O)Nc1nnc2ccc(-c3ccc(Cl)c(Cl)c3)nn12. The summed E-state index contributed by atoms with van der Waals surface area (Å²) in [5, 5.41) is 15.5. The maximum atomic E-state index is 11.3. The molecular weight excluding hydrogens is 329 g/mol. The molecule has 0 radical (unpaired) electrons. The van der Waals surface area contributed by atoms with Gasteiger partial charge in [0.1, 0.15) is 0 Å². The van der Waals surface area contributed by atoms with Crippen LogP contribution < -0.4 is 5.32 Å². The number of amides is 1. The first kappa shape index (κ1) is 14.6. The Bertz CT molecular complexity index is 865. The van der Waals surface area contributed by atoms with E-state index in [-0.39, 0.29) is 5.95 Å². The Labute approximate surface area is 134 Å². The van der Waals surface area contributed by atoms with Crippen LogP contribution in [-0.4, -0.2) is 33.0 Å². The third kappa shape index (κ3) is 2.68. The van der Waals surface area contributed by atoms with E-state index in [1.54, 1.807) is 30.3 Å². The van der Waals surface area contributed by atoms with Gasteiger partial charge in [0, 0.05) is 5.56 Å². The summed E-state index contributed by atoms with van der Waals surface area (Å²) in [6, 6.07) is 8.67. The Morgan fingerprint density at radius 2 is 2.00 bits per heavy atom. The van der Waals surface area contributed by atoms with E-state index in [9.17, 15) is 4.79 Å². The van der Waals surface area contributed by atoms with E-state index in [0.717, 1.165) is 5.56 Å². The van der Waals surface area contributed by atoms with Crippen molar-refractivity contribution in [2.45, 2.75) is 0 Å². The van der Waals surface area contributed by atoms with Crippen molar-refractivity contribution in [1.29, 1.82) is 0 Å². The molecule has 2 heterocycles. The van der Waals surface area contributed by atoms with E-state index >= 15 is 0 Å². The Hall–Kier alpha value is -2.38. The van der Waals surface area contributed by atoms with Crippen molar-refractivity contribution in [3.05, 3.63) is 40.4 Å². The summed E-state index contributed by atoms with van der Waals surface area (Å²) in [4.78, 5) is 11.3. The summed E-state index contributed by atoms with van der Waals surface area (Å²) in [6.45, 7) is 0. The Morgan fingerprint density at radius 3 is 2.73 bits per heavy atom. The minimum absolute atomic E-state index is 0.156. The lowest BCUT2D eigenvalue weighted by Gasteiger charge is -2.05. The van der Waals surface area contributed by atoms with E-state index < -0.39 is 6.09 Å². The average molecular weight is 338 g/mol. The van der Waals surface area contributed by atoms with Crippen molar-refractivity contribution in [2.75, 3.05) is 12.4 Å². The fourth-order valence-corrected chi connectivity index (χ4v) is 2.12. The maximum absolute atomic E-state index is 11.3. The van der Waals surface area contributed by atoms with Crippen LogP contribution in [0.1, 0.15) is 0 Å². The third-order valence-electron chi connectivity index (χ3n) is 2.88. The van der Waals surface area contributed by atoms with Crippen molar-refractivity contribution in [3.8, 4) is 11.3 Å².